The fourth-order valence-electron chi connectivity index (χ4n) is 1.30. The zero-order chi connectivity index (χ0) is 13.8. The van der Waals surface area contributed by atoms with Crippen LogP contribution in [0.1, 0.15) is 13.8 Å². The zero-order valence-corrected chi connectivity index (χ0v) is 11.1. The van der Waals surface area contributed by atoms with Crippen LogP contribution in [0.25, 0.3) is 0 Å². The van der Waals surface area contributed by atoms with Crippen LogP contribution in [0.15, 0.2) is 29.2 Å². The predicted molar refractivity (Wildman–Crippen MR) is 69.6 cm³/mol. The molecule has 100 valence electrons. The van der Waals surface area contributed by atoms with E-state index in [2.05, 4.69) is 10.0 Å². The van der Waals surface area contributed by atoms with Crippen LogP contribution in [0.5, 0.6) is 0 Å². The minimum atomic E-state index is -3.56. The van der Waals surface area contributed by atoms with Crippen LogP contribution in [0, 0.1) is 0 Å². The molecular formula is C11H17N3O3S. The van der Waals surface area contributed by atoms with Crippen LogP contribution in [0.3, 0.4) is 0 Å². The first-order valence-electron chi connectivity index (χ1n) is 5.45. The highest BCUT2D eigenvalue weighted by atomic mass is 32.2. The number of carbonyl (C=O) groups is 1. The van der Waals surface area contributed by atoms with Gasteiger partial charge < -0.3 is 11.1 Å². The van der Waals surface area contributed by atoms with E-state index in [0.717, 1.165) is 0 Å². The summed E-state index contributed by atoms with van der Waals surface area (Å²) in [6, 6.07) is 5.59. The van der Waals surface area contributed by atoms with Gasteiger partial charge in [0.2, 0.25) is 15.9 Å². The number of hydrogen-bond donors (Lipinski definition) is 3. The van der Waals surface area contributed by atoms with E-state index in [-0.39, 0.29) is 23.4 Å². The third-order valence-corrected chi connectivity index (χ3v) is 3.80. The van der Waals surface area contributed by atoms with E-state index >= 15 is 0 Å². The fraction of sp³-hybridized carbons (Fsp3) is 0.364. The van der Waals surface area contributed by atoms with Crippen molar-refractivity contribution >= 4 is 21.6 Å². The Hall–Kier alpha value is -1.44. The van der Waals surface area contributed by atoms with E-state index in [1.807, 2.05) is 0 Å². The SMILES string of the molecule is CC(=O)Nc1ccc(S(=O)(=O)N[C@@H](C)CN)cc1. The van der Waals surface area contributed by atoms with Gasteiger partial charge in [-0.25, -0.2) is 13.1 Å². The minimum absolute atomic E-state index is 0.136. The number of hydrogen-bond acceptors (Lipinski definition) is 4. The van der Waals surface area contributed by atoms with E-state index < -0.39 is 10.0 Å². The Bertz CT molecular complexity index is 511. The first-order valence-corrected chi connectivity index (χ1v) is 6.93. The zero-order valence-electron chi connectivity index (χ0n) is 10.3. The number of nitrogens with one attached hydrogen (secondary N) is 2. The van der Waals surface area contributed by atoms with Gasteiger partial charge in [0.05, 0.1) is 4.90 Å². The fourth-order valence-corrected chi connectivity index (χ4v) is 2.56. The van der Waals surface area contributed by atoms with Gasteiger partial charge in [0.25, 0.3) is 0 Å². The molecule has 1 rings (SSSR count). The monoisotopic (exact) mass is 271 g/mol. The quantitative estimate of drug-likeness (QED) is 0.715. The topological polar surface area (TPSA) is 101 Å². The van der Waals surface area contributed by atoms with Crippen LogP contribution >= 0.6 is 0 Å². The smallest absolute Gasteiger partial charge is 0.240 e. The van der Waals surface area contributed by atoms with Gasteiger partial charge in [0, 0.05) is 25.2 Å². The van der Waals surface area contributed by atoms with E-state index in [0.29, 0.717) is 5.69 Å². The van der Waals surface area contributed by atoms with Crippen molar-refractivity contribution in [3.05, 3.63) is 24.3 Å². The van der Waals surface area contributed by atoms with Gasteiger partial charge in [-0.1, -0.05) is 0 Å². The van der Waals surface area contributed by atoms with Gasteiger partial charge in [-0.05, 0) is 31.2 Å². The highest BCUT2D eigenvalue weighted by Crippen LogP contribution is 2.14. The van der Waals surface area contributed by atoms with Gasteiger partial charge in [-0.2, -0.15) is 0 Å². The average molecular weight is 271 g/mol. The van der Waals surface area contributed by atoms with Crippen molar-refractivity contribution in [2.45, 2.75) is 24.8 Å². The highest BCUT2D eigenvalue weighted by molar-refractivity contribution is 7.89. The first kappa shape index (κ1) is 14.6. The summed E-state index contributed by atoms with van der Waals surface area (Å²) in [4.78, 5) is 11.0. The molecule has 0 saturated heterocycles. The Morgan fingerprint density at radius 3 is 2.33 bits per heavy atom. The summed E-state index contributed by atoms with van der Waals surface area (Å²) >= 11 is 0. The third kappa shape index (κ3) is 4.10. The van der Waals surface area contributed by atoms with Crippen molar-refractivity contribution in [2.24, 2.45) is 5.73 Å². The molecule has 0 spiro atoms. The standard InChI is InChI=1S/C11H17N3O3S/c1-8(7-12)14-18(16,17)11-5-3-10(4-6-11)13-9(2)15/h3-6,8,14H,7,12H2,1-2H3,(H,13,15)/t8-/m0/s1. The van der Waals surface area contributed by atoms with Crippen LogP contribution in [-0.4, -0.2) is 26.9 Å². The predicted octanol–water partition coefficient (Wildman–Crippen LogP) is 0.271. The number of sulfonamides is 1. The molecule has 0 aliphatic rings. The number of anilines is 1. The molecule has 0 unspecified atom stereocenters. The molecule has 4 N–H and O–H groups in total. The second-order valence-electron chi connectivity index (χ2n) is 3.96. The maximum atomic E-state index is 11.9. The summed E-state index contributed by atoms with van der Waals surface area (Å²) in [5.41, 5.74) is 5.91. The van der Waals surface area contributed by atoms with Crippen molar-refractivity contribution < 1.29 is 13.2 Å². The maximum absolute atomic E-state index is 11.9. The lowest BCUT2D eigenvalue weighted by atomic mass is 10.3. The van der Waals surface area contributed by atoms with Crippen molar-refractivity contribution in [2.75, 3.05) is 11.9 Å². The molecule has 0 aliphatic heterocycles. The minimum Gasteiger partial charge on any atom is -0.329 e. The van der Waals surface area contributed by atoms with Gasteiger partial charge in [0.15, 0.2) is 0 Å². The third-order valence-electron chi connectivity index (χ3n) is 2.19. The largest absolute Gasteiger partial charge is 0.329 e. The Labute approximate surface area is 107 Å². The molecule has 0 bridgehead atoms. The number of rotatable bonds is 5. The molecule has 1 aromatic rings. The van der Waals surface area contributed by atoms with Crippen LogP contribution in [0.4, 0.5) is 5.69 Å². The molecule has 7 heteroatoms. The lowest BCUT2D eigenvalue weighted by Gasteiger charge is -2.12. The van der Waals surface area contributed by atoms with E-state index in [1.165, 1.54) is 31.2 Å². The normalized spacial score (nSPS) is 13.1. The summed E-state index contributed by atoms with van der Waals surface area (Å²) < 4.78 is 26.2. The highest BCUT2D eigenvalue weighted by Gasteiger charge is 2.16. The van der Waals surface area contributed by atoms with E-state index in [9.17, 15) is 13.2 Å². The number of carbonyl (C=O) groups excluding carboxylic acids is 1. The van der Waals surface area contributed by atoms with Gasteiger partial charge in [-0.3, -0.25) is 4.79 Å². The van der Waals surface area contributed by atoms with E-state index in [4.69, 9.17) is 5.73 Å². The number of nitrogens with two attached hydrogens (primary N) is 1. The van der Waals surface area contributed by atoms with Crippen LogP contribution < -0.4 is 15.8 Å². The molecule has 0 fully saturated rings. The molecule has 1 aromatic carbocycles. The lowest BCUT2D eigenvalue weighted by Crippen LogP contribution is -2.37. The number of benzene rings is 1. The summed E-state index contributed by atoms with van der Waals surface area (Å²) in [5, 5.41) is 2.56. The van der Waals surface area contributed by atoms with Crippen molar-refractivity contribution in [3.63, 3.8) is 0 Å². The van der Waals surface area contributed by atoms with Crippen molar-refractivity contribution in [3.8, 4) is 0 Å². The molecule has 6 nitrogen and oxygen atoms in total. The molecule has 0 aliphatic carbocycles. The lowest BCUT2D eigenvalue weighted by molar-refractivity contribution is -0.114. The summed E-state index contributed by atoms with van der Waals surface area (Å²) in [7, 11) is -3.56. The molecule has 0 radical (unpaired) electrons. The molecule has 18 heavy (non-hydrogen) atoms. The second-order valence-corrected chi connectivity index (χ2v) is 5.68. The maximum Gasteiger partial charge on any atom is 0.240 e. The van der Waals surface area contributed by atoms with Gasteiger partial charge >= 0.3 is 0 Å². The Balaban J connectivity index is 2.87. The van der Waals surface area contributed by atoms with Crippen LogP contribution in [0.2, 0.25) is 0 Å². The van der Waals surface area contributed by atoms with Crippen molar-refractivity contribution in [1.29, 1.82) is 0 Å². The summed E-state index contributed by atoms with van der Waals surface area (Å²) in [6.07, 6.45) is 0. The van der Waals surface area contributed by atoms with Crippen LogP contribution in [-0.2, 0) is 14.8 Å². The molecule has 0 aromatic heterocycles. The van der Waals surface area contributed by atoms with Gasteiger partial charge in [0.1, 0.15) is 0 Å². The Morgan fingerprint density at radius 1 is 1.33 bits per heavy atom. The average Bonchev–Trinajstić information content (AvgIpc) is 2.28. The molecule has 0 heterocycles. The molecule has 1 amide bonds. The van der Waals surface area contributed by atoms with Gasteiger partial charge in [-0.15, -0.1) is 0 Å². The summed E-state index contributed by atoms with van der Waals surface area (Å²) in [6.45, 7) is 3.29. The Kier molecular flexibility index (Phi) is 4.83. The Morgan fingerprint density at radius 2 is 1.89 bits per heavy atom. The molecule has 0 saturated carbocycles. The number of amides is 1. The first-order chi connectivity index (χ1) is 8.35. The van der Waals surface area contributed by atoms with E-state index in [1.54, 1.807) is 6.92 Å². The second kappa shape index (κ2) is 5.94. The van der Waals surface area contributed by atoms with Crippen molar-refractivity contribution in [1.82, 2.24) is 4.72 Å². The molecular weight excluding hydrogens is 254 g/mol. The molecule has 1 atom stereocenters. The summed E-state index contributed by atoms with van der Waals surface area (Å²) in [5.74, 6) is -0.208.